The Kier molecular flexibility index (Phi) is 7.41. The van der Waals surface area contributed by atoms with Gasteiger partial charge in [0.1, 0.15) is 6.04 Å². The summed E-state index contributed by atoms with van der Waals surface area (Å²) in [6, 6.07) is 17.9. The number of nitrogens with zero attached hydrogens (tertiary/aromatic N) is 3. The summed E-state index contributed by atoms with van der Waals surface area (Å²) in [6.07, 6.45) is 0. The Morgan fingerprint density at radius 3 is 2.00 bits per heavy atom. The van der Waals surface area contributed by atoms with E-state index in [2.05, 4.69) is 5.32 Å². The van der Waals surface area contributed by atoms with E-state index in [0.29, 0.717) is 0 Å². The number of amides is 1. The molecule has 3 aromatic carbocycles. The highest BCUT2D eigenvalue weighted by Gasteiger charge is 2.43. The molecule has 0 aliphatic carbocycles. The zero-order valence-corrected chi connectivity index (χ0v) is 21.4. The SMILES string of the molecule is Cc1c(NC(=O)C2CN(S(=O)(=O)c3ccccc3)CCN2S(=O)(=O)c2ccccc2)cccc1[N+](=O)[O-]. The molecule has 1 N–H and O–H groups in total. The molecule has 1 amide bonds. The van der Waals surface area contributed by atoms with Crippen molar-refractivity contribution in [3.63, 3.8) is 0 Å². The van der Waals surface area contributed by atoms with E-state index in [1.165, 1.54) is 49.4 Å². The lowest BCUT2D eigenvalue weighted by Gasteiger charge is -2.39. The van der Waals surface area contributed by atoms with Crippen LogP contribution in [0, 0.1) is 17.0 Å². The standard InChI is InChI=1S/C24H24N4O7S2/c1-18-21(13-8-14-22(18)28(30)31)25-24(29)23-17-26(36(32,33)19-9-4-2-5-10-19)15-16-27(23)37(34,35)20-11-6-3-7-12-20/h2-14,23H,15-17H2,1H3,(H,25,29). The minimum absolute atomic E-state index is 0.0167. The first-order valence-corrected chi connectivity index (χ1v) is 14.1. The van der Waals surface area contributed by atoms with Crippen molar-refractivity contribution < 1.29 is 26.6 Å². The molecule has 1 fully saturated rings. The van der Waals surface area contributed by atoms with Crippen LogP contribution in [0.5, 0.6) is 0 Å². The molecule has 1 saturated heterocycles. The molecule has 0 aromatic heterocycles. The van der Waals surface area contributed by atoms with Gasteiger partial charge in [0.2, 0.25) is 26.0 Å². The van der Waals surface area contributed by atoms with Crippen LogP contribution in [0.25, 0.3) is 0 Å². The fourth-order valence-corrected chi connectivity index (χ4v) is 7.15. The van der Waals surface area contributed by atoms with E-state index >= 15 is 0 Å². The summed E-state index contributed by atoms with van der Waals surface area (Å²) < 4.78 is 55.5. The number of nitro benzene ring substituents is 1. The number of rotatable bonds is 7. The van der Waals surface area contributed by atoms with E-state index in [-0.39, 0.29) is 39.8 Å². The number of sulfonamides is 2. The molecule has 1 aliphatic heterocycles. The molecular weight excluding hydrogens is 520 g/mol. The number of hydrogen-bond donors (Lipinski definition) is 1. The summed E-state index contributed by atoms with van der Waals surface area (Å²) in [4.78, 5) is 24.2. The van der Waals surface area contributed by atoms with Gasteiger partial charge in [-0.3, -0.25) is 14.9 Å². The van der Waals surface area contributed by atoms with Gasteiger partial charge in [-0.25, -0.2) is 16.8 Å². The molecule has 194 valence electrons. The fraction of sp³-hybridized carbons (Fsp3) is 0.208. The molecule has 1 aliphatic rings. The minimum atomic E-state index is -4.17. The molecule has 0 spiro atoms. The van der Waals surface area contributed by atoms with Gasteiger partial charge in [-0.15, -0.1) is 0 Å². The maximum atomic E-state index is 13.5. The highest BCUT2D eigenvalue weighted by Crippen LogP contribution is 2.28. The first kappa shape index (κ1) is 26.4. The van der Waals surface area contributed by atoms with Crippen LogP contribution in [0.3, 0.4) is 0 Å². The van der Waals surface area contributed by atoms with Crippen LogP contribution < -0.4 is 5.32 Å². The number of piperazine rings is 1. The van der Waals surface area contributed by atoms with Crippen LogP contribution in [0.1, 0.15) is 5.56 Å². The third-order valence-corrected chi connectivity index (χ3v) is 9.89. The van der Waals surface area contributed by atoms with E-state index in [0.717, 1.165) is 8.61 Å². The van der Waals surface area contributed by atoms with Crippen molar-refractivity contribution in [2.24, 2.45) is 0 Å². The summed E-state index contributed by atoms with van der Waals surface area (Å²) in [5, 5.41) is 13.9. The predicted molar refractivity (Wildman–Crippen MR) is 136 cm³/mol. The normalized spacial score (nSPS) is 17.3. The Hall–Kier alpha value is -3.65. The molecule has 0 radical (unpaired) electrons. The summed E-state index contributed by atoms with van der Waals surface area (Å²) in [5.41, 5.74) is 0.0886. The predicted octanol–water partition coefficient (Wildman–Crippen LogP) is 2.61. The molecule has 4 rings (SSSR count). The van der Waals surface area contributed by atoms with Gasteiger partial charge in [-0.05, 0) is 37.3 Å². The quantitative estimate of drug-likeness (QED) is 0.355. The molecule has 37 heavy (non-hydrogen) atoms. The third-order valence-electron chi connectivity index (χ3n) is 6.09. The van der Waals surface area contributed by atoms with Gasteiger partial charge in [-0.2, -0.15) is 8.61 Å². The molecule has 1 atom stereocenters. The molecule has 11 nitrogen and oxygen atoms in total. The van der Waals surface area contributed by atoms with Crippen molar-refractivity contribution >= 4 is 37.3 Å². The summed E-state index contributed by atoms with van der Waals surface area (Å²) >= 11 is 0. The molecule has 1 heterocycles. The first-order valence-electron chi connectivity index (χ1n) is 11.2. The van der Waals surface area contributed by atoms with Crippen LogP contribution in [0.4, 0.5) is 11.4 Å². The van der Waals surface area contributed by atoms with Gasteiger partial charge in [0, 0.05) is 25.7 Å². The number of hydrogen-bond acceptors (Lipinski definition) is 7. The van der Waals surface area contributed by atoms with Gasteiger partial charge in [0.15, 0.2) is 0 Å². The number of nitrogens with one attached hydrogen (secondary N) is 1. The summed E-state index contributed by atoms with van der Waals surface area (Å²) in [5.74, 6) is -0.809. The number of carbonyl (C=O) groups excluding carboxylic acids is 1. The molecule has 0 saturated carbocycles. The molecule has 0 bridgehead atoms. The van der Waals surface area contributed by atoms with Crippen molar-refractivity contribution in [1.82, 2.24) is 8.61 Å². The van der Waals surface area contributed by atoms with Crippen molar-refractivity contribution in [3.05, 3.63) is 94.5 Å². The van der Waals surface area contributed by atoms with E-state index in [9.17, 15) is 31.7 Å². The summed E-state index contributed by atoms with van der Waals surface area (Å²) in [7, 11) is -8.19. The Bertz CT molecular complexity index is 1530. The van der Waals surface area contributed by atoms with Crippen molar-refractivity contribution in [2.45, 2.75) is 22.8 Å². The van der Waals surface area contributed by atoms with Gasteiger partial charge in [0.25, 0.3) is 5.69 Å². The lowest BCUT2D eigenvalue weighted by Crippen LogP contribution is -2.60. The Morgan fingerprint density at radius 2 is 1.43 bits per heavy atom. The lowest BCUT2D eigenvalue weighted by molar-refractivity contribution is -0.385. The zero-order valence-electron chi connectivity index (χ0n) is 19.7. The topological polar surface area (TPSA) is 147 Å². The maximum Gasteiger partial charge on any atom is 0.274 e. The first-order chi connectivity index (χ1) is 17.5. The molecule has 1 unspecified atom stereocenters. The second-order valence-corrected chi connectivity index (χ2v) is 12.1. The van der Waals surface area contributed by atoms with Crippen LogP contribution in [0.2, 0.25) is 0 Å². The number of anilines is 1. The molecular formula is C24H24N4O7S2. The van der Waals surface area contributed by atoms with Crippen LogP contribution in [-0.2, 0) is 24.8 Å². The average Bonchev–Trinajstić information content (AvgIpc) is 2.90. The smallest absolute Gasteiger partial charge is 0.274 e. The lowest BCUT2D eigenvalue weighted by atomic mass is 10.1. The van der Waals surface area contributed by atoms with Crippen LogP contribution in [0.15, 0.2) is 88.7 Å². The average molecular weight is 545 g/mol. The summed E-state index contributed by atoms with van der Waals surface area (Å²) in [6.45, 7) is 0.584. The minimum Gasteiger partial charge on any atom is -0.324 e. The highest BCUT2D eigenvalue weighted by atomic mass is 32.2. The van der Waals surface area contributed by atoms with Crippen LogP contribution >= 0.6 is 0 Å². The largest absolute Gasteiger partial charge is 0.324 e. The van der Waals surface area contributed by atoms with E-state index < -0.39 is 43.5 Å². The zero-order chi connectivity index (χ0) is 26.8. The second-order valence-electron chi connectivity index (χ2n) is 8.32. The van der Waals surface area contributed by atoms with Gasteiger partial charge >= 0.3 is 0 Å². The monoisotopic (exact) mass is 544 g/mol. The van der Waals surface area contributed by atoms with Gasteiger partial charge in [-0.1, -0.05) is 42.5 Å². The molecule has 3 aromatic rings. The van der Waals surface area contributed by atoms with E-state index in [4.69, 9.17) is 0 Å². The fourth-order valence-electron chi connectivity index (χ4n) is 4.10. The van der Waals surface area contributed by atoms with Crippen LogP contribution in [-0.4, -0.2) is 62.0 Å². The Balaban J connectivity index is 1.72. The van der Waals surface area contributed by atoms with E-state index in [1.807, 2.05) is 0 Å². The van der Waals surface area contributed by atoms with Crippen molar-refractivity contribution in [3.8, 4) is 0 Å². The number of carbonyl (C=O) groups is 1. The van der Waals surface area contributed by atoms with Gasteiger partial charge in [0.05, 0.1) is 26.0 Å². The second kappa shape index (κ2) is 10.4. The van der Waals surface area contributed by atoms with Crippen molar-refractivity contribution in [2.75, 3.05) is 25.0 Å². The maximum absolute atomic E-state index is 13.5. The van der Waals surface area contributed by atoms with E-state index in [1.54, 1.807) is 36.4 Å². The van der Waals surface area contributed by atoms with Gasteiger partial charge < -0.3 is 5.32 Å². The third kappa shape index (κ3) is 5.25. The number of benzene rings is 3. The van der Waals surface area contributed by atoms with Crippen molar-refractivity contribution in [1.29, 1.82) is 0 Å². The highest BCUT2D eigenvalue weighted by molar-refractivity contribution is 7.89. The Labute approximate surface area is 214 Å². The number of nitro groups is 1. The Morgan fingerprint density at radius 1 is 0.865 bits per heavy atom. The molecule has 13 heteroatoms.